The van der Waals surface area contributed by atoms with Crippen LogP contribution in [-0.2, 0) is 19.1 Å². The summed E-state index contributed by atoms with van der Waals surface area (Å²) in [4.78, 5) is 25.1. The average Bonchev–Trinajstić information content (AvgIpc) is 2.31. The highest BCUT2D eigenvalue weighted by Crippen LogP contribution is 2.09. The van der Waals surface area contributed by atoms with E-state index in [1.807, 2.05) is 12.2 Å². The molecule has 0 amide bonds. The second kappa shape index (κ2) is 6.73. The van der Waals surface area contributed by atoms with Gasteiger partial charge in [0.15, 0.2) is 0 Å². The maximum absolute atomic E-state index is 11.7. The Morgan fingerprint density at radius 2 is 1.76 bits per heavy atom. The van der Waals surface area contributed by atoms with Crippen LogP contribution in [0.4, 0.5) is 0 Å². The number of hydrogen-bond acceptors (Lipinski definition) is 5. The van der Waals surface area contributed by atoms with E-state index in [4.69, 9.17) is 9.47 Å². The average molecular weight is 239 g/mol. The SMILES string of the molecule is CCOC(=O)C(C(=O)OCC)N1C=CC=CC1. The Kier molecular flexibility index (Phi) is 5.26. The van der Waals surface area contributed by atoms with Crippen LogP contribution in [0.15, 0.2) is 24.4 Å². The normalized spacial score (nSPS) is 13.9. The molecule has 0 spiro atoms. The van der Waals surface area contributed by atoms with Crippen LogP contribution >= 0.6 is 0 Å². The summed E-state index contributed by atoms with van der Waals surface area (Å²) in [6.45, 7) is 4.36. The fraction of sp³-hybridized carbons (Fsp3) is 0.500. The smallest absolute Gasteiger partial charge is 0.340 e. The summed E-state index contributed by atoms with van der Waals surface area (Å²) < 4.78 is 9.77. The molecule has 0 aromatic carbocycles. The summed E-state index contributed by atoms with van der Waals surface area (Å²) in [5.41, 5.74) is 0. The van der Waals surface area contributed by atoms with Crippen LogP contribution in [0.25, 0.3) is 0 Å². The molecule has 1 heterocycles. The molecule has 0 unspecified atom stereocenters. The van der Waals surface area contributed by atoms with Gasteiger partial charge in [-0.25, -0.2) is 9.59 Å². The van der Waals surface area contributed by atoms with Crippen molar-refractivity contribution in [1.29, 1.82) is 0 Å². The highest BCUT2D eigenvalue weighted by atomic mass is 16.6. The van der Waals surface area contributed by atoms with Gasteiger partial charge in [-0.3, -0.25) is 0 Å². The number of rotatable bonds is 5. The molecule has 94 valence electrons. The molecule has 0 radical (unpaired) electrons. The van der Waals surface area contributed by atoms with E-state index in [0.717, 1.165) is 0 Å². The van der Waals surface area contributed by atoms with E-state index in [-0.39, 0.29) is 13.2 Å². The van der Waals surface area contributed by atoms with E-state index in [2.05, 4.69) is 0 Å². The molecule has 0 fully saturated rings. The first kappa shape index (κ1) is 13.3. The summed E-state index contributed by atoms with van der Waals surface area (Å²) in [6.07, 6.45) is 7.14. The third-order valence-corrected chi connectivity index (χ3v) is 2.19. The molecule has 0 aromatic heterocycles. The Bertz CT molecular complexity index is 317. The van der Waals surface area contributed by atoms with Gasteiger partial charge in [-0.1, -0.05) is 12.2 Å². The maximum atomic E-state index is 11.7. The minimum absolute atomic E-state index is 0.238. The third kappa shape index (κ3) is 3.62. The molecule has 0 saturated heterocycles. The molecule has 17 heavy (non-hydrogen) atoms. The molecule has 1 rings (SSSR count). The largest absolute Gasteiger partial charge is 0.464 e. The fourth-order valence-electron chi connectivity index (χ4n) is 1.48. The van der Waals surface area contributed by atoms with E-state index >= 15 is 0 Å². The molecule has 0 aliphatic carbocycles. The molecule has 0 N–H and O–H groups in total. The first-order valence-electron chi connectivity index (χ1n) is 5.63. The second-order valence-corrected chi connectivity index (χ2v) is 3.37. The zero-order valence-corrected chi connectivity index (χ0v) is 10.1. The fourth-order valence-corrected chi connectivity index (χ4v) is 1.48. The standard InChI is InChI=1S/C12H17NO4/c1-3-16-11(14)10(12(15)17-4-2)13-8-6-5-7-9-13/h5-8,10H,3-4,9H2,1-2H3. The quantitative estimate of drug-likeness (QED) is 0.526. The van der Waals surface area contributed by atoms with Gasteiger partial charge in [0, 0.05) is 12.7 Å². The van der Waals surface area contributed by atoms with Crippen LogP contribution in [0.1, 0.15) is 13.8 Å². The Morgan fingerprint density at radius 3 is 2.18 bits per heavy atom. The minimum Gasteiger partial charge on any atom is -0.464 e. The number of ether oxygens (including phenoxy) is 2. The van der Waals surface area contributed by atoms with Gasteiger partial charge in [0.1, 0.15) is 0 Å². The van der Waals surface area contributed by atoms with Crippen LogP contribution in [0, 0.1) is 0 Å². The number of carbonyl (C=O) groups is 2. The number of esters is 2. The lowest BCUT2D eigenvalue weighted by atomic mass is 10.2. The van der Waals surface area contributed by atoms with Crippen LogP contribution in [-0.4, -0.2) is 42.6 Å². The Hall–Kier alpha value is -1.78. The zero-order chi connectivity index (χ0) is 12.7. The van der Waals surface area contributed by atoms with Crippen molar-refractivity contribution in [2.75, 3.05) is 19.8 Å². The van der Waals surface area contributed by atoms with Crippen LogP contribution in [0.2, 0.25) is 0 Å². The predicted octanol–water partition coefficient (Wildman–Crippen LogP) is 0.867. The number of hydrogen-bond donors (Lipinski definition) is 0. The highest BCUT2D eigenvalue weighted by molar-refractivity contribution is 5.99. The summed E-state index contributed by atoms with van der Waals surface area (Å²) in [6, 6.07) is -1.02. The van der Waals surface area contributed by atoms with Crippen LogP contribution < -0.4 is 0 Å². The molecule has 1 aliphatic heterocycles. The lowest BCUT2D eigenvalue weighted by molar-refractivity contribution is -0.161. The van der Waals surface area contributed by atoms with E-state index in [0.29, 0.717) is 6.54 Å². The molecule has 0 saturated carbocycles. The number of carbonyl (C=O) groups excluding carboxylic acids is 2. The van der Waals surface area contributed by atoms with Gasteiger partial charge in [0.25, 0.3) is 0 Å². The van der Waals surface area contributed by atoms with E-state index in [1.165, 1.54) is 0 Å². The predicted molar refractivity (Wildman–Crippen MR) is 62.0 cm³/mol. The van der Waals surface area contributed by atoms with Crippen molar-refractivity contribution in [2.24, 2.45) is 0 Å². The van der Waals surface area contributed by atoms with E-state index < -0.39 is 18.0 Å². The maximum Gasteiger partial charge on any atom is 0.340 e. The summed E-state index contributed by atoms with van der Waals surface area (Å²) in [5, 5.41) is 0. The monoisotopic (exact) mass is 239 g/mol. The van der Waals surface area contributed by atoms with Crippen LogP contribution in [0.5, 0.6) is 0 Å². The van der Waals surface area contributed by atoms with Crippen molar-refractivity contribution in [3.05, 3.63) is 24.4 Å². The highest BCUT2D eigenvalue weighted by Gasteiger charge is 2.34. The summed E-state index contributed by atoms with van der Waals surface area (Å²) in [7, 11) is 0. The van der Waals surface area contributed by atoms with Gasteiger partial charge in [-0.15, -0.1) is 0 Å². The summed E-state index contributed by atoms with van der Waals surface area (Å²) >= 11 is 0. The lowest BCUT2D eigenvalue weighted by Crippen LogP contribution is -2.46. The first-order valence-corrected chi connectivity index (χ1v) is 5.63. The summed E-state index contributed by atoms with van der Waals surface area (Å²) in [5.74, 6) is -1.16. The minimum atomic E-state index is -1.02. The van der Waals surface area contributed by atoms with Gasteiger partial charge in [0.05, 0.1) is 13.2 Å². The Morgan fingerprint density at radius 1 is 1.18 bits per heavy atom. The molecule has 1 aliphatic rings. The van der Waals surface area contributed by atoms with Gasteiger partial charge in [-0.05, 0) is 19.9 Å². The Balaban J connectivity index is 2.77. The molecular weight excluding hydrogens is 222 g/mol. The molecular formula is C12H17NO4. The van der Waals surface area contributed by atoms with E-state index in [9.17, 15) is 9.59 Å². The van der Waals surface area contributed by atoms with E-state index in [1.54, 1.807) is 31.0 Å². The van der Waals surface area contributed by atoms with Crippen molar-refractivity contribution in [3.63, 3.8) is 0 Å². The van der Waals surface area contributed by atoms with Gasteiger partial charge in [0.2, 0.25) is 6.04 Å². The van der Waals surface area contributed by atoms with Crippen molar-refractivity contribution >= 4 is 11.9 Å². The Labute approximate surface area is 101 Å². The van der Waals surface area contributed by atoms with Gasteiger partial charge >= 0.3 is 11.9 Å². The van der Waals surface area contributed by atoms with Crippen molar-refractivity contribution < 1.29 is 19.1 Å². The van der Waals surface area contributed by atoms with Crippen molar-refractivity contribution in [3.8, 4) is 0 Å². The number of nitrogens with zero attached hydrogens (tertiary/aromatic N) is 1. The topological polar surface area (TPSA) is 55.8 Å². The molecule has 0 atom stereocenters. The number of allylic oxidation sites excluding steroid dienone is 2. The van der Waals surface area contributed by atoms with Gasteiger partial charge < -0.3 is 14.4 Å². The molecule has 0 aromatic rings. The molecule has 0 bridgehead atoms. The lowest BCUT2D eigenvalue weighted by Gasteiger charge is -2.27. The van der Waals surface area contributed by atoms with Gasteiger partial charge in [-0.2, -0.15) is 0 Å². The first-order chi connectivity index (χ1) is 8.20. The zero-order valence-electron chi connectivity index (χ0n) is 10.1. The molecule has 5 nitrogen and oxygen atoms in total. The third-order valence-electron chi connectivity index (χ3n) is 2.19. The molecule has 5 heteroatoms. The van der Waals surface area contributed by atoms with Crippen molar-refractivity contribution in [2.45, 2.75) is 19.9 Å². The van der Waals surface area contributed by atoms with Crippen molar-refractivity contribution in [1.82, 2.24) is 4.90 Å². The second-order valence-electron chi connectivity index (χ2n) is 3.37. The van der Waals surface area contributed by atoms with Crippen LogP contribution in [0.3, 0.4) is 0 Å².